The van der Waals surface area contributed by atoms with E-state index in [2.05, 4.69) is 208 Å². The Bertz CT molecular complexity index is 544. The molecule has 0 radical (unpaired) electrons. The Labute approximate surface area is 298 Å². The molecule has 0 aliphatic carbocycles. The van der Waals surface area contributed by atoms with Gasteiger partial charge in [0.15, 0.2) is 0 Å². The van der Waals surface area contributed by atoms with E-state index < -0.39 is 0 Å². The predicted octanol–water partition coefficient (Wildman–Crippen LogP) is 2.16. The highest BCUT2D eigenvalue weighted by atomic mass is 15.5. The fourth-order valence-corrected chi connectivity index (χ4v) is 5.05. The number of rotatable bonds is 17. The molecule has 0 bridgehead atoms. The zero-order valence-electron chi connectivity index (χ0n) is 37.0. The third kappa shape index (κ3) is 55.2. The fourth-order valence-electron chi connectivity index (χ4n) is 5.05. The Hall–Kier alpha value is -0.480. The van der Waals surface area contributed by atoms with Gasteiger partial charge < -0.3 is 4.90 Å². The highest BCUT2D eigenvalue weighted by Gasteiger charge is 2.14. The van der Waals surface area contributed by atoms with Crippen LogP contribution in [0.3, 0.4) is 0 Å². The summed E-state index contributed by atoms with van der Waals surface area (Å²) in [4.78, 5) is 26.5. The van der Waals surface area contributed by atoms with Crippen molar-refractivity contribution in [3.63, 3.8) is 0 Å². The van der Waals surface area contributed by atoms with E-state index in [4.69, 9.17) is 0 Å². The Morgan fingerprint density at radius 2 is 0.596 bits per heavy atom. The summed E-state index contributed by atoms with van der Waals surface area (Å²) in [7, 11) is 43.6. The molecule has 0 N–H and O–H groups in total. The molecule has 0 aliphatic rings. The molecule has 0 fully saturated rings. The predicted molar refractivity (Wildman–Crippen MR) is 214 cm³/mol. The van der Waals surface area contributed by atoms with Gasteiger partial charge in [-0.05, 0) is 160 Å². The topological polar surface area (TPSA) is 38.9 Å². The third-order valence-electron chi connectivity index (χ3n) is 5.22. The molecule has 0 rings (SSSR count). The summed E-state index contributed by atoms with van der Waals surface area (Å²) >= 11 is 0. The molecule has 12 nitrogen and oxygen atoms in total. The van der Waals surface area contributed by atoms with Crippen molar-refractivity contribution in [1.29, 1.82) is 0 Å². The van der Waals surface area contributed by atoms with Gasteiger partial charge in [0.2, 0.25) is 0 Å². The Balaban J connectivity index is -0.000000164. The molecule has 0 aromatic heterocycles. The van der Waals surface area contributed by atoms with Crippen LogP contribution in [0.2, 0.25) is 0 Å². The summed E-state index contributed by atoms with van der Waals surface area (Å²) in [5.41, 5.74) is 0. The minimum Gasteiger partial charge on any atom is -0.312 e. The van der Waals surface area contributed by atoms with Crippen molar-refractivity contribution in [1.82, 2.24) is 58.8 Å². The van der Waals surface area contributed by atoms with Crippen molar-refractivity contribution in [2.45, 2.75) is 34.0 Å². The lowest BCUT2D eigenvalue weighted by Crippen LogP contribution is -2.50. The smallest absolute Gasteiger partial charge is 0.118 e. The van der Waals surface area contributed by atoms with Crippen molar-refractivity contribution in [2.75, 3.05) is 194 Å². The lowest BCUT2D eigenvalue weighted by molar-refractivity contribution is 0.00961. The summed E-state index contributed by atoms with van der Waals surface area (Å²) in [5.74, 6) is 1.48. The van der Waals surface area contributed by atoms with E-state index in [9.17, 15) is 0 Å². The molecule has 0 aliphatic heterocycles. The minimum atomic E-state index is 0.389. The second-order valence-corrected chi connectivity index (χ2v) is 16.2. The Kier molecular flexibility index (Phi) is 40.4. The van der Waals surface area contributed by atoms with Crippen LogP contribution in [0.25, 0.3) is 0 Å². The third-order valence-corrected chi connectivity index (χ3v) is 5.22. The molecule has 0 aromatic carbocycles. The lowest BCUT2D eigenvalue weighted by Gasteiger charge is -2.35. The van der Waals surface area contributed by atoms with Gasteiger partial charge in [-0.2, -0.15) is 0 Å². The first kappa shape index (κ1) is 55.9. The molecule has 0 unspecified atom stereocenters. The van der Waals surface area contributed by atoms with Gasteiger partial charge in [-0.25, -0.2) is 0 Å². The van der Waals surface area contributed by atoms with Crippen LogP contribution in [-0.4, -0.2) is 260 Å². The normalized spacial score (nSPS) is 12.0. The van der Waals surface area contributed by atoms with Crippen LogP contribution in [0.5, 0.6) is 0 Å². The molecule has 292 valence electrons. The Morgan fingerprint density at radius 3 is 0.766 bits per heavy atom. The number of hydrogen-bond acceptors (Lipinski definition) is 12. The molecular weight excluding hydrogens is 588 g/mol. The second kappa shape index (κ2) is 34.0. The average Bonchev–Trinajstić information content (AvgIpc) is 2.75. The van der Waals surface area contributed by atoms with E-state index in [1.165, 1.54) is 0 Å². The summed E-state index contributed by atoms with van der Waals surface area (Å²) < 4.78 is 0. The molecule has 47 heavy (non-hydrogen) atoms. The largest absolute Gasteiger partial charge is 0.312 e. The molecule has 12 heteroatoms. The molecule has 0 aromatic rings. The zero-order chi connectivity index (χ0) is 38.6. The van der Waals surface area contributed by atoms with E-state index in [1.54, 1.807) is 0 Å². The monoisotopic (exact) mass is 681 g/mol. The highest BCUT2D eigenvalue weighted by Crippen LogP contribution is 2.00. The van der Waals surface area contributed by atoms with E-state index >= 15 is 0 Å². The van der Waals surface area contributed by atoms with Crippen molar-refractivity contribution in [3.8, 4) is 0 Å². The molecule has 0 saturated carbocycles. The first-order valence-electron chi connectivity index (χ1n) is 17.1. The van der Waals surface area contributed by atoms with Gasteiger partial charge in [0.25, 0.3) is 0 Å². The van der Waals surface area contributed by atoms with Crippen LogP contribution >= 0.6 is 0 Å². The van der Waals surface area contributed by atoms with Crippen LogP contribution in [0.1, 0.15) is 27.7 Å². The first-order valence-corrected chi connectivity index (χ1v) is 17.1. The molecular formula is C35H92N12. The summed E-state index contributed by atoms with van der Waals surface area (Å²) in [6.45, 7) is 16.5. The van der Waals surface area contributed by atoms with E-state index in [1.807, 2.05) is 26.0 Å². The molecule has 0 atom stereocenters. The van der Waals surface area contributed by atoms with Crippen LogP contribution in [0.4, 0.5) is 0 Å². The summed E-state index contributed by atoms with van der Waals surface area (Å²) in [6, 6.07) is 0. The fraction of sp³-hybridized carbons (Fsp3) is 1.00. The van der Waals surface area contributed by atoms with Gasteiger partial charge in [-0.3, -0.25) is 53.9 Å². The van der Waals surface area contributed by atoms with Gasteiger partial charge >= 0.3 is 0 Å². The molecule has 0 heterocycles. The average molecular weight is 681 g/mol. The maximum atomic E-state index is 2.45. The van der Waals surface area contributed by atoms with Crippen molar-refractivity contribution >= 4 is 0 Å². The summed E-state index contributed by atoms with van der Waals surface area (Å²) in [5, 5.41) is 0. The second-order valence-electron chi connectivity index (χ2n) is 16.2. The van der Waals surface area contributed by atoms with Gasteiger partial charge in [0.05, 0.1) is 26.7 Å². The van der Waals surface area contributed by atoms with Crippen LogP contribution in [0, 0.1) is 11.8 Å². The van der Waals surface area contributed by atoms with Crippen LogP contribution in [-0.2, 0) is 0 Å². The van der Waals surface area contributed by atoms with Gasteiger partial charge in [-0.1, -0.05) is 27.7 Å². The quantitative estimate of drug-likeness (QED) is 0.212. The standard InChI is InChI=1S/2C10H25N3.C7H19N3.C5H14N2.C3H9N/c1-10(2)7-12(5)9-13(6)8-11(3)4;1-10(2)7-13(8-11(3)4)9-12(5)6;1-8(2)7(9(3)4)10(5)6;1-6(2)5-7(3)4;1-4(2)3/h2*10H,7-9H2,1-6H3;7H,1-6H3;5H2,1-4H3;1-3H3. The SMILES string of the molecule is CC(C)CN(C)CN(C)CN(C)C.CC(C)CN(CN(C)C)CN(C)C.CN(C)C.CN(C)C(N(C)C)N(C)C.CN(C)CN(C)C. The zero-order valence-corrected chi connectivity index (χ0v) is 37.0. The van der Waals surface area contributed by atoms with Gasteiger partial charge in [0, 0.05) is 19.8 Å². The number of hydrogen-bond donors (Lipinski definition) is 0. The molecule has 0 amide bonds. The summed E-state index contributed by atoms with van der Waals surface area (Å²) in [6.07, 6.45) is 0.389. The van der Waals surface area contributed by atoms with Gasteiger partial charge in [-0.15, -0.1) is 0 Å². The number of nitrogens with zero attached hydrogens (tertiary/aromatic N) is 12. The lowest BCUT2D eigenvalue weighted by atomic mass is 10.2. The van der Waals surface area contributed by atoms with Gasteiger partial charge in [0.1, 0.15) is 6.29 Å². The first-order chi connectivity index (χ1) is 21.1. The van der Waals surface area contributed by atoms with Crippen molar-refractivity contribution < 1.29 is 0 Å². The van der Waals surface area contributed by atoms with Crippen molar-refractivity contribution in [2.24, 2.45) is 11.8 Å². The van der Waals surface area contributed by atoms with E-state index in [0.717, 1.165) is 58.3 Å². The van der Waals surface area contributed by atoms with Crippen LogP contribution < -0.4 is 0 Å². The minimum absolute atomic E-state index is 0.389. The molecule has 0 saturated heterocycles. The molecule has 0 spiro atoms. The maximum Gasteiger partial charge on any atom is 0.118 e. The Morgan fingerprint density at radius 1 is 0.319 bits per heavy atom. The maximum absolute atomic E-state index is 2.45. The highest BCUT2D eigenvalue weighted by molar-refractivity contribution is 4.59. The van der Waals surface area contributed by atoms with E-state index in [0.29, 0.717) is 6.29 Å². The van der Waals surface area contributed by atoms with E-state index in [-0.39, 0.29) is 0 Å². The van der Waals surface area contributed by atoms with Crippen molar-refractivity contribution in [3.05, 3.63) is 0 Å². The van der Waals surface area contributed by atoms with Crippen LogP contribution in [0.15, 0.2) is 0 Å².